The van der Waals surface area contributed by atoms with Gasteiger partial charge < -0.3 is 16.0 Å². The molecular weight excluding hydrogens is 272 g/mol. The molecule has 0 spiro atoms. The van der Waals surface area contributed by atoms with Crippen molar-refractivity contribution >= 4 is 0 Å². The Morgan fingerprint density at radius 3 is 2.77 bits per heavy atom. The molecule has 0 atom stereocenters. The standard InChI is InChI=1S/C18H26N4/c19-17-9-1-2-10-18(17)22(13-15-7-3-5-11-20-15)14-16-8-4-6-12-21-16/h3,5,7-8,11,21H,1-2,4,6,9-10,12-14,19H2. The van der Waals surface area contributed by atoms with Gasteiger partial charge in [-0.1, -0.05) is 12.1 Å². The average Bonchev–Trinajstić information content (AvgIpc) is 2.57. The van der Waals surface area contributed by atoms with E-state index < -0.39 is 0 Å². The lowest BCUT2D eigenvalue weighted by atomic mass is 10.00. The highest BCUT2D eigenvalue weighted by Crippen LogP contribution is 2.26. The van der Waals surface area contributed by atoms with E-state index in [4.69, 9.17) is 5.73 Å². The molecule has 2 heterocycles. The Labute approximate surface area is 133 Å². The van der Waals surface area contributed by atoms with E-state index in [0.29, 0.717) is 0 Å². The Hall–Kier alpha value is -1.97. The van der Waals surface area contributed by atoms with Crippen LogP contribution in [0.3, 0.4) is 0 Å². The summed E-state index contributed by atoms with van der Waals surface area (Å²) in [6, 6.07) is 6.11. The normalized spacial score (nSPS) is 18.6. The van der Waals surface area contributed by atoms with Gasteiger partial charge in [-0.3, -0.25) is 4.98 Å². The van der Waals surface area contributed by atoms with Crippen LogP contribution in [0, 0.1) is 0 Å². The summed E-state index contributed by atoms with van der Waals surface area (Å²) in [5.41, 5.74) is 11.1. The molecule has 0 aromatic carbocycles. The van der Waals surface area contributed by atoms with Gasteiger partial charge in [0.2, 0.25) is 0 Å². The highest BCUT2D eigenvalue weighted by Gasteiger charge is 2.19. The summed E-state index contributed by atoms with van der Waals surface area (Å²) >= 11 is 0. The van der Waals surface area contributed by atoms with Crippen molar-refractivity contribution in [3.05, 3.63) is 53.3 Å². The zero-order valence-corrected chi connectivity index (χ0v) is 13.2. The van der Waals surface area contributed by atoms with Crippen LogP contribution in [-0.4, -0.2) is 23.0 Å². The van der Waals surface area contributed by atoms with Crippen molar-refractivity contribution in [2.45, 2.75) is 45.1 Å². The molecule has 4 nitrogen and oxygen atoms in total. The van der Waals surface area contributed by atoms with Crippen molar-refractivity contribution in [1.29, 1.82) is 0 Å². The zero-order chi connectivity index (χ0) is 15.2. The van der Waals surface area contributed by atoms with Crippen LogP contribution in [0.25, 0.3) is 0 Å². The first-order valence-electron chi connectivity index (χ1n) is 8.38. The van der Waals surface area contributed by atoms with Crippen LogP contribution in [0.15, 0.2) is 47.6 Å². The Morgan fingerprint density at radius 2 is 2.05 bits per heavy atom. The first-order chi connectivity index (χ1) is 10.8. The second-order valence-corrected chi connectivity index (χ2v) is 6.15. The number of hydrogen-bond acceptors (Lipinski definition) is 4. The van der Waals surface area contributed by atoms with Crippen molar-refractivity contribution in [2.24, 2.45) is 5.73 Å². The van der Waals surface area contributed by atoms with Crippen LogP contribution < -0.4 is 11.1 Å². The molecule has 0 radical (unpaired) electrons. The molecule has 118 valence electrons. The molecule has 22 heavy (non-hydrogen) atoms. The average molecular weight is 298 g/mol. The van der Waals surface area contributed by atoms with Crippen LogP contribution in [-0.2, 0) is 6.54 Å². The fourth-order valence-electron chi connectivity index (χ4n) is 3.23. The molecule has 3 N–H and O–H groups in total. The van der Waals surface area contributed by atoms with Crippen LogP contribution in [0.5, 0.6) is 0 Å². The Bertz CT molecular complexity index is 547. The minimum absolute atomic E-state index is 0.829. The number of rotatable bonds is 5. The second kappa shape index (κ2) is 7.34. The van der Waals surface area contributed by atoms with Gasteiger partial charge in [0.25, 0.3) is 0 Å². The lowest BCUT2D eigenvalue weighted by molar-refractivity contribution is 0.321. The summed E-state index contributed by atoms with van der Waals surface area (Å²) in [5.74, 6) is 0. The highest BCUT2D eigenvalue weighted by molar-refractivity contribution is 5.18. The largest absolute Gasteiger partial charge is 0.401 e. The number of pyridine rings is 1. The van der Waals surface area contributed by atoms with Crippen molar-refractivity contribution < 1.29 is 0 Å². The van der Waals surface area contributed by atoms with Gasteiger partial charge in [0, 0.05) is 29.8 Å². The van der Waals surface area contributed by atoms with Crippen molar-refractivity contribution in [3.8, 4) is 0 Å². The quantitative estimate of drug-likeness (QED) is 0.877. The van der Waals surface area contributed by atoms with Gasteiger partial charge in [-0.15, -0.1) is 0 Å². The lowest BCUT2D eigenvalue weighted by Crippen LogP contribution is -2.34. The molecule has 0 saturated carbocycles. The molecule has 4 heteroatoms. The van der Waals surface area contributed by atoms with Gasteiger partial charge in [-0.25, -0.2) is 0 Å². The molecule has 1 aromatic heterocycles. The Balaban J connectivity index is 1.79. The number of hydrogen-bond donors (Lipinski definition) is 2. The lowest BCUT2D eigenvalue weighted by Gasteiger charge is -2.33. The summed E-state index contributed by atoms with van der Waals surface area (Å²) in [7, 11) is 0. The fourth-order valence-corrected chi connectivity index (χ4v) is 3.23. The van der Waals surface area contributed by atoms with Gasteiger partial charge in [0.1, 0.15) is 0 Å². The SMILES string of the molecule is NC1=C(N(CC2=CCCCN2)Cc2ccccn2)CCCC1. The number of nitrogens with one attached hydrogen (secondary N) is 1. The smallest absolute Gasteiger partial charge is 0.0604 e. The van der Waals surface area contributed by atoms with Crippen LogP contribution in [0.2, 0.25) is 0 Å². The van der Waals surface area contributed by atoms with Crippen molar-refractivity contribution in [2.75, 3.05) is 13.1 Å². The molecule has 0 saturated heterocycles. The maximum atomic E-state index is 6.32. The van der Waals surface area contributed by atoms with Gasteiger partial charge >= 0.3 is 0 Å². The van der Waals surface area contributed by atoms with Gasteiger partial charge in [0.15, 0.2) is 0 Å². The Morgan fingerprint density at radius 1 is 1.14 bits per heavy atom. The van der Waals surface area contributed by atoms with Crippen LogP contribution in [0.4, 0.5) is 0 Å². The highest BCUT2D eigenvalue weighted by atomic mass is 15.2. The molecule has 1 aliphatic carbocycles. The summed E-state index contributed by atoms with van der Waals surface area (Å²) in [4.78, 5) is 6.90. The van der Waals surface area contributed by atoms with E-state index in [1.165, 1.54) is 37.1 Å². The monoisotopic (exact) mass is 298 g/mol. The van der Waals surface area contributed by atoms with Crippen molar-refractivity contribution in [3.63, 3.8) is 0 Å². The molecule has 1 aromatic rings. The maximum Gasteiger partial charge on any atom is 0.0604 e. The maximum absolute atomic E-state index is 6.32. The number of nitrogens with two attached hydrogens (primary N) is 1. The van der Waals surface area contributed by atoms with E-state index >= 15 is 0 Å². The summed E-state index contributed by atoms with van der Waals surface area (Å²) in [6.45, 7) is 2.82. The second-order valence-electron chi connectivity index (χ2n) is 6.15. The van der Waals surface area contributed by atoms with Crippen molar-refractivity contribution in [1.82, 2.24) is 15.2 Å². The summed E-state index contributed by atoms with van der Waals surface area (Å²) in [6.07, 6.45) is 11.2. The van der Waals surface area contributed by atoms with E-state index in [2.05, 4.69) is 33.4 Å². The molecule has 3 rings (SSSR count). The van der Waals surface area contributed by atoms with Gasteiger partial charge in [-0.05, 0) is 50.7 Å². The van der Waals surface area contributed by atoms with E-state index in [0.717, 1.165) is 43.9 Å². The molecule has 1 aliphatic heterocycles. The van der Waals surface area contributed by atoms with Gasteiger partial charge in [-0.2, -0.15) is 0 Å². The first kappa shape index (κ1) is 14.9. The molecule has 0 unspecified atom stereocenters. The van der Waals surface area contributed by atoms with E-state index in [-0.39, 0.29) is 0 Å². The van der Waals surface area contributed by atoms with Gasteiger partial charge in [0.05, 0.1) is 18.8 Å². The third-order valence-electron chi connectivity index (χ3n) is 4.43. The van der Waals surface area contributed by atoms with E-state index in [1.54, 1.807) is 0 Å². The third-order valence-corrected chi connectivity index (χ3v) is 4.43. The van der Waals surface area contributed by atoms with Crippen LogP contribution >= 0.6 is 0 Å². The first-order valence-corrected chi connectivity index (χ1v) is 8.38. The zero-order valence-electron chi connectivity index (χ0n) is 13.2. The van der Waals surface area contributed by atoms with E-state index in [1.807, 2.05) is 12.3 Å². The predicted octanol–water partition coefficient (Wildman–Crippen LogP) is 2.90. The number of nitrogens with zero attached hydrogens (tertiary/aromatic N) is 2. The Kier molecular flexibility index (Phi) is 4.99. The van der Waals surface area contributed by atoms with Crippen LogP contribution in [0.1, 0.15) is 44.2 Å². The molecular formula is C18H26N4. The van der Waals surface area contributed by atoms with E-state index in [9.17, 15) is 0 Å². The fraction of sp³-hybridized carbons (Fsp3) is 0.500. The third kappa shape index (κ3) is 3.81. The minimum Gasteiger partial charge on any atom is -0.401 e. The number of aromatic nitrogens is 1. The molecule has 0 amide bonds. The topological polar surface area (TPSA) is 54.2 Å². The minimum atomic E-state index is 0.829. The molecule has 2 aliphatic rings. The predicted molar refractivity (Wildman–Crippen MR) is 89.6 cm³/mol. The summed E-state index contributed by atoms with van der Waals surface area (Å²) < 4.78 is 0. The summed E-state index contributed by atoms with van der Waals surface area (Å²) in [5, 5.41) is 3.52. The molecule has 0 bridgehead atoms. The number of allylic oxidation sites excluding steroid dienone is 3. The molecule has 0 fully saturated rings.